The lowest BCUT2D eigenvalue weighted by Gasteiger charge is -2.29. The summed E-state index contributed by atoms with van der Waals surface area (Å²) in [5.74, 6) is 1.34. The molecule has 1 aliphatic heterocycles. The second-order valence-electron chi connectivity index (χ2n) is 5.05. The summed E-state index contributed by atoms with van der Waals surface area (Å²) in [6.45, 7) is 3.90. The van der Waals surface area contributed by atoms with Gasteiger partial charge >= 0.3 is 5.97 Å². The summed E-state index contributed by atoms with van der Waals surface area (Å²) in [7, 11) is 0. The van der Waals surface area contributed by atoms with Gasteiger partial charge in [-0.3, -0.25) is 4.79 Å². The van der Waals surface area contributed by atoms with Crippen LogP contribution in [0.5, 0.6) is 11.5 Å². The second-order valence-corrected chi connectivity index (χ2v) is 5.05. The van der Waals surface area contributed by atoms with Gasteiger partial charge in [-0.15, -0.1) is 0 Å². The number of hydrogen-bond donors (Lipinski definition) is 0. The van der Waals surface area contributed by atoms with Crippen LogP contribution in [0.15, 0.2) is 42.5 Å². The highest BCUT2D eigenvalue weighted by Gasteiger charge is 2.31. The molecule has 0 saturated carbocycles. The second kappa shape index (κ2) is 5.60. The largest absolute Gasteiger partial charge is 0.456 e. The molecule has 0 saturated heterocycles. The first-order chi connectivity index (χ1) is 10.2. The topological polar surface area (TPSA) is 35.5 Å². The Morgan fingerprint density at radius 1 is 1.10 bits per heavy atom. The third kappa shape index (κ3) is 2.40. The zero-order valence-corrected chi connectivity index (χ0v) is 12.3. The number of aryl methyl sites for hydroxylation is 1. The van der Waals surface area contributed by atoms with Crippen molar-refractivity contribution >= 4 is 5.97 Å². The van der Waals surface area contributed by atoms with E-state index in [1.54, 1.807) is 6.92 Å². The Kier molecular flexibility index (Phi) is 3.65. The van der Waals surface area contributed by atoms with Gasteiger partial charge in [0.25, 0.3) is 0 Å². The average molecular weight is 282 g/mol. The van der Waals surface area contributed by atoms with E-state index in [4.69, 9.17) is 9.47 Å². The number of para-hydroxylation sites is 1. The molecule has 3 nitrogen and oxygen atoms in total. The van der Waals surface area contributed by atoms with Crippen molar-refractivity contribution in [2.45, 2.75) is 32.8 Å². The molecule has 1 aliphatic rings. The van der Waals surface area contributed by atoms with Gasteiger partial charge in [-0.05, 0) is 24.1 Å². The molecule has 0 N–H and O–H groups in total. The molecule has 0 radical (unpaired) electrons. The van der Waals surface area contributed by atoms with Gasteiger partial charge in [0.1, 0.15) is 11.5 Å². The molecule has 1 heterocycles. The predicted molar refractivity (Wildman–Crippen MR) is 80.6 cm³/mol. The Morgan fingerprint density at radius 2 is 1.86 bits per heavy atom. The third-order valence-corrected chi connectivity index (χ3v) is 3.76. The quantitative estimate of drug-likeness (QED) is 0.783. The summed E-state index contributed by atoms with van der Waals surface area (Å²) in [5.41, 5.74) is 3.03. The molecule has 108 valence electrons. The summed E-state index contributed by atoms with van der Waals surface area (Å²) in [4.78, 5) is 11.8. The average Bonchev–Trinajstić information content (AvgIpc) is 2.53. The molecule has 2 aromatic rings. The van der Waals surface area contributed by atoms with Crippen molar-refractivity contribution in [1.29, 1.82) is 0 Å². The van der Waals surface area contributed by atoms with Crippen molar-refractivity contribution in [3.63, 3.8) is 0 Å². The summed E-state index contributed by atoms with van der Waals surface area (Å²) < 4.78 is 11.7. The SMILES string of the molecule is CCC(=O)OC1c2ccccc2Oc2cccc(CC)c21. The normalized spacial score (nSPS) is 15.6. The number of rotatable bonds is 3. The molecular weight excluding hydrogens is 264 g/mol. The van der Waals surface area contributed by atoms with E-state index in [1.807, 2.05) is 36.4 Å². The first-order valence-corrected chi connectivity index (χ1v) is 7.32. The Bertz CT molecular complexity index is 676. The van der Waals surface area contributed by atoms with E-state index in [1.165, 1.54) is 0 Å². The molecule has 0 spiro atoms. The highest BCUT2D eigenvalue weighted by Crippen LogP contribution is 2.46. The van der Waals surface area contributed by atoms with E-state index in [0.717, 1.165) is 34.6 Å². The van der Waals surface area contributed by atoms with Crippen LogP contribution in [0.1, 0.15) is 43.1 Å². The van der Waals surface area contributed by atoms with Crippen LogP contribution in [0.4, 0.5) is 0 Å². The number of hydrogen-bond acceptors (Lipinski definition) is 3. The highest BCUT2D eigenvalue weighted by molar-refractivity contribution is 5.70. The molecule has 0 amide bonds. The van der Waals surface area contributed by atoms with Crippen molar-refractivity contribution in [1.82, 2.24) is 0 Å². The molecule has 3 rings (SSSR count). The van der Waals surface area contributed by atoms with Gasteiger partial charge in [0.2, 0.25) is 0 Å². The van der Waals surface area contributed by atoms with Crippen LogP contribution in [0.25, 0.3) is 0 Å². The van der Waals surface area contributed by atoms with Gasteiger partial charge in [-0.1, -0.05) is 44.2 Å². The predicted octanol–water partition coefficient (Wildman–Crippen LogP) is 4.40. The lowest BCUT2D eigenvalue weighted by atomic mass is 9.92. The molecule has 3 heteroatoms. The van der Waals surface area contributed by atoms with Crippen LogP contribution in [0, 0.1) is 0 Å². The van der Waals surface area contributed by atoms with E-state index in [9.17, 15) is 4.79 Å². The molecule has 1 atom stereocenters. The van der Waals surface area contributed by atoms with Crippen molar-refractivity contribution < 1.29 is 14.3 Å². The number of fused-ring (bicyclic) bond motifs is 2. The molecule has 0 fully saturated rings. The van der Waals surface area contributed by atoms with Crippen molar-refractivity contribution in [3.8, 4) is 11.5 Å². The summed E-state index contributed by atoms with van der Waals surface area (Å²) in [6, 6.07) is 13.7. The standard InChI is InChI=1S/C18H18O3/c1-3-12-8-7-11-15-17(12)18(21-16(19)4-2)13-9-5-6-10-14(13)20-15/h5-11,18H,3-4H2,1-2H3. The summed E-state index contributed by atoms with van der Waals surface area (Å²) in [5, 5.41) is 0. The van der Waals surface area contributed by atoms with Gasteiger partial charge in [0.05, 0.1) is 0 Å². The Balaban J connectivity index is 2.15. The van der Waals surface area contributed by atoms with Gasteiger partial charge in [-0.25, -0.2) is 0 Å². The minimum Gasteiger partial charge on any atom is -0.456 e. The number of benzene rings is 2. The lowest BCUT2D eigenvalue weighted by Crippen LogP contribution is -2.18. The lowest BCUT2D eigenvalue weighted by molar-refractivity contribution is -0.147. The van der Waals surface area contributed by atoms with Crippen LogP contribution < -0.4 is 4.74 Å². The highest BCUT2D eigenvalue weighted by atomic mass is 16.5. The van der Waals surface area contributed by atoms with Crippen LogP contribution in [-0.2, 0) is 16.0 Å². The van der Waals surface area contributed by atoms with E-state index in [2.05, 4.69) is 13.0 Å². The van der Waals surface area contributed by atoms with Gasteiger partial charge in [-0.2, -0.15) is 0 Å². The summed E-state index contributed by atoms with van der Waals surface area (Å²) >= 11 is 0. The Hall–Kier alpha value is -2.29. The van der Waals surface area contributed by atoms with Gasteiger partial charge in [0.15, 0.2) is 6.10 Å². The fourth-order valence-corrected chi connectivity index (χ4v) is 2.69. The van der Waals surface area contributed by atoms with Gasteiger partial charge in [0, 0.05) is 17.5 Å². The molecule has 1 unspecified atom stereocenters. The fourth-order valence-electron chi connectivity index (χ4n) is 2.69. The third-order valence-electron chi connectivity index (χ3n) is 3.76. The van der Waals surface area contributed by atoms with Crippen molar-refractivity contribution in [2.75, 3.05) is 0 Å². The first kappa shape index (κ1) is 13.7. The van der Waals surface area contributed by atoms with Crippen LogP contribution >= 0.6 is 0 Å². The zero-order valence-electron chi connectivity index (χ0n) is 12.3. The number of carbonyl (C=O) groups excluding carboxylic acids is 1. The number of ether oxygens (including phenoxy) is 2. The van der Waals surface area contributed by atoms with Gasteiger partial charge < -0.3 is 9.47 Å². The molecule has 0 bridgehead atoms. The van der Waals surface area contributed by atoms with Crippen LogP contribution in [0.3, 0.4) is 0 Å². The minimum atomic E-state index is -0.381. The number of carbonyl (C=O) groups is 1. The molecular formula is C18H18O3. The molecule has 0 aromatic heterocycles. The maximum atomic E-state index is 11.8. The number of esters is 1. The molecule has 0 aliphatic carbocycles. The zero-order chi connectivity index (χ0) is 14.8. The fraction of sp³-hybridized carbons (Fsp3) is 0.278. The van der Waals surface area contributed by atoms with E-state index >= 15 is 0 Å². The monoisotopic (exact) mass is 282 g/mol. The first-order valence-electron chi connectivity index (χ1n) is 7.32. The Morgan fingerprint density at radius 3 is 2.62 bits per heavy atom. The Labute approximate surface area is 124 Å². The van der Waals surface area contributed by atoms with Crippen molar-refractivity contribution in [2.24, 2.45) is 0 Å². The molecule has 2 aromatic carbocycles. The van der Waals surface area contributed by atoms with Crippen LogP contribution in [-0.4, -0.2) is 5.97 Å². The minimum absolute atomic E-state index is 0.200. The van der Waals surface area contributed by atoms with E-state index in [-0.39, 0.29) is 12.1 Å². The maximum absolute atomic E-state index is 11.8. The van der Waals surface area contributed by atoms with Crippen molar-refractivity contribution in [3.05, 3.63) is 59.2 Å². The van der Waals surface area contributed by atoms with E-state index < -0.39 is 0 Å². The van der Waals surface area contributed by atoms with E-state index in [0.29, 0.717) is 6.42 Å². The molecule has 21 heavy (non-hydrogen) atoms. The smallest absolute Gasteiger partial charge is 0.306 e. The van der Waals surface area contributed by atoms with Crippen LogP contribution in [0.2, 0.25) is 0 Å². The maximum Gasteiger partial charge on any atom is 0.306 e. The summed E-state index contributed by atoms with van der Waals surface area (Å²) in [6.07, 6.45) is 0.853.